The van der Waals surface area contributed by atoms with Gasteiger partial charge in [0.2, 0.25) is 0 Å². The number of para-hydroxylation sites is 2. The molecular weight excluding hydrogens is 825 g/mol. The molecule has 4 heteroatoms. The van der Waals surface area contributed by atoms with Crippen molar-refractivity contribution in [3.8, 4) is 0 Å². The van der Waals surface area contributed by atoms with Crippen molar-refractivity contribution >= 4 is 110 Å². The molecule has 68 heavy (non-hydrogen) atoms. The third-order valence-electron chi connectivity index (χ3n) is 14.8. The first kappa shape index (κ1) is 40.5. The van der Waals surface area contributed by atoms with Crippen molar-refractivity contribution < 1.29 is 0 Å². The van der Waals surface area contributed by atoms with Gasteiger partial charge in [-0.1, -0.05) is 113 Å². The topological polar surface area (TPSA) is 15.3 Å². The molecule has 4 nitrogen and oxygen atoms in total. The van der Waals surface area contributed by atoms with Gasteiger partial charge < -0.3 is 18.6 Å². The van der Waals surface area contributed by atoms with Crippen LogP contribution in [0.3, 0.4) is 0 Å². The van der Waals surface area contributed by atoms with Crippen LogP contribution >= 0.6 is 0 Å². The zero-order valence-electron chi connectivity index (χ0n) is 40.1. The molecule has 0 aliphatic rings. The molecule has 0 aliphatic carbocycles. The normalized spacial score (nSPS) is 12.4. The van der Waals surface area contributed by atoms with Crippen LogP contribution in [0.1, 0.15) is 72.9 Å². The van der Waals surface area contributed by atoms with Crippen molar-refractivity contribution in [1.29, 1.82) is 0 Å². The number of benzene rings is 9. The molecule has 4 heterocycles. The minimum Gasteiger partial charge on any atom is -0.310 e. The highest BCUT2D eigenvalue weighted by molar-refractivity contribution is 6.32. The van der Waals surface area contributed by atoms with E-state index in [-0.39, 0.29) is 0 Å². The Morgan fingerprint density at radius 3 is 1.06 bits per heavy atom. The third-order valence-corrected chi connectivity index (χ3v) is 14.8. The average molecular weight is 879 g/mol. The van der Waals surface area contributed by atoms with E-state index in [2.05, 4.69) is 244 Å². The van der Waals surface area contributed by atoms with E-state index in [1.165, 1.54) is 132 Å². The van der Waals surface area contributed by atoms with Gasteiger partial charge in [-0.05, 0) is 158 Å². The van der Waals surface area contributed by atoms with Gasteiger partial charge in [0.25, 0.3) is 0 Å². The second-order valence-electron chi connectivity index (χ2n) is 20.2. The molecule has 0 saturated heterocycles. The van der Waals surface area contributed by atoms with E-state index in [1.807, 2.05) is 0 Å². The summed E-state index contributed by atoms with van der Waals surface area (Å²) in [5.41, 5.74) is 22.2. The Labute approximate surface area is 397 Å². The first-order chi connectivity index (χ1) is 33.0. The highest BCUT2D eigenvalue weighted by Crippen LogP contribution is 2.51. The van der Waals surface area contributed by atoms with Gasteiger partial charge in [0.1, 0.15) is 0 Å². The Morgan fingerprint density at radius 2 is 0.691 bits per heavy atom. The summed E-state index contributed by atoms with van der Waals surface area (Å²) < 4.78 is 5.11. The van der Waals surface area contributed by atoms with Crippen molar-refractivity contribution in [2.75, 3.05) is 9.80 Å². The number of fused-ring (bicyclic) bond motifs is 12. The van der Waals surface area contributed by atoms with Crippen molar-refractivity contribution in [3.63, 3.8) is 0 Å². The molecule has 0 unspecified atom stereocenters. The maximum absolute atomic E-state index is 2.56. The summed E-state index contributed by atoms with van der Waals surface area (Å²) >= 11 is 0. The van der Waals surface area contributed by atoms with Crippen LogP contribution in [0.15, 0.2) is 170 Å². The smallest absolute Gasteiger partial charge is 0.0641 e. The molecule has 0 fully saturated rings. The number of anilines is 6. The Hall–Kier alpha value is -7.82. The van der Waals surface area contributed by atoms with Gasteiger partial charge in [0.05, 0.1) is 44.5 Å². The van der Waals surface area contributed by atoms with E-state index in [9.17, 15) is 0 Å². The SMILES string of the molecule is Cc1cc(C)cc(N(c2ccc(C(C)C)cc2)c2ccc3c4cc5c(cc4n4c6ccccc6c2c34)c2ccc(N(c3ccc(C(C)C)cc3)c3cc(C)cc(C)c3)c3c4ccccc4n5c23)c1. The number of nitrogens with zero attached hydrogens (tertiary/aromatic N) is 4. The van der Waals surface area contributed by atoms with Crippen LogP contribution < -0.4 is 9.80 Å². The minimum absolute atomic E-state index is 0.455. The van der Waals surface area contributed by atoms with Gasteiger partial charge in [0, 0.05) is 65.8 Å². The Balaban J connectivity index is 1.10. The number of aromatic nitrogens is 2. The zero-order chi connectivity index (χ0) is 46.3. The Morgan fingerprint density at radius 1 is 0.324 bits per heavy atom. The monoisotopic (exact) mass is 878 g/mol. The lowest BCUT2D eigenvalue weighted by Gasteiger charge is -2.27. The molecule has 330 valence electrons. The van der Waals surface area contributed by atoms with E-state index in [1.54, 1.807) is 0 Å². The van der Waals surface area contributed by atoms with Crippen LogP contribution in [-0.4, -0.2) is 8.80 Å². The van der Waals surface area contributed by atoms with Gasteiger partial charge in [-0.3, -0.25) is 0 Å². The first-order valence-corrected chi connectivity index (χ1v) is 24.3. The van der Waals surface area contributed by atoms with Gasteiger partial charge in [-0.15, -0.1) is 0 Å². The van der Waals surface area contributed by atoms with Gasteiger partial charge in [-0.25, -0.2) is 0 Å². The maximum Gasteiger partial charge on any atom is 0.0641 e. The molecule has 13 aromatic rings. The highest BCUT2D eigenvalue weighted by Gasteiger charge is 2.28. The number of hydrogen-bond acceptors (Lipinski definition) is 2. The molecule has 0 N–H and O–H groups in total. The van der Waals surface area contributed by atoms with Crippen molar-refractivity contribution in [2.45, 2.75) is 67.2 Å². The molecule has 0 atom stereocenters. The van der Waals surface area contributed by atoms with Crippen LogP contribution in [0.25, 0.3) is 76.2 Å². The molecule has 13 rings (SSSR count). The summed E-state index contributed by atoms with van der Waals surface area (Å²) in [6, 6.07) is 64.8. The van der Waals surface area contributed by atoms with E-state index >= 15 is 0 Å². The summed E-state index contributed by atoms with van der Waals surface area (Å²) in [4.78, 5) is 4.97. The van der Waals surface area contributed by atoms with Gasteiger partial charge >= 0.3 is 0 Å². The Kier molecular flexibility index (Phi) is 8.83. The van der Waals surface area contributed by atoms with Crippen LogP contribution in [0.4, 0.5) is 34.1 Å². The fourth-order valence-electron chi connectivity index (χ4n) is 11.9. The molecule has 0 saturated carbocycles. The lowest BCUT2D eigenvalue weighted by molar-refractivity contribution is 0.866. The summed E-state index contributed by atoms with van der Waals surface area (Å²) in [6.07, 6.45) is 0. The summed E-state index contributed by atoms with van der Waals surface area (Å²) in [5.74, 6) is 0.911. The predicted molar refractivity (Wildman–Crippen MR) is 292 cm³/mol. The van der Waals surface area contributed by atoms with Crippen LogP contribution in [0, 0.1) is 27.7 Å². The van der Waals surface area contributed by atoms with E-state index in [0.717, 1.165) is 11.4 Å². The summed E-state index contributed by atoms with van der Waals surface area (Å²) in [7, 11) is 0. The molecule has 0 bridgehead atoms. The van der Waals surface area contributed by atoms with E-state index in [4.69, 9.17) is 0 Å². The number of rotatable bonds is 8. The standard InChI is InChI=1S/C64H54N4/c1-37(2)43-17-21-45(22-18-43)65(47-31-39(5)29-40(6)32-47)57-27-25-49-53-35-60-54(36-59(53)67-55-15-11-9-13-51(55)61(57)63(49)67)50-26-28-58(62-52-14-10-12-16-56(52)68(60)64(50)62)66(48-33-41(7)30-42(8)34-48)46-23-19-44(20-24-46)38(3)4/h9-38H,1-8H3. The summed E-state index contributed by atoms with van der Waals surface area (Å²) in [6.45, 7) is 17.9. The fourth-order valence-corrected chi connectivity index (χ4v) is 11.9. The predicted octanol–water partition coefficient (Wildman–Crippen LogP) is 18.4. The van der Waals surface area contributed by atoms with E-state index < -0.39 is 0 Å². The third kappa shape index (κ3) is 5.86. The van der Waals surface area contributed by atoms with Crippen LogP contribution in [0.5, 0.6) is 0 Å². The second-order valence-corrected chi connectivity index (χ2v) is 20.2. The highest BCUT2D eigenvalue weighted by atomic mass is 15.2. The molecular formula is C64H54N4. The fraction of sp³-hybridized carbons (Fsp3) is 0.156. The van der Waals surface area contributed by atoms with Gasteiger partial charge in [0.15, 0.2) is 0 Å². The lowest BCUT2D eigenvalue weighted by Crippen LogP contribution is -2.11. The molecule has 0 amide bonds. The first-order valence-electron chi connectivity index (χ1n) is 24.3. The van der Waals surface area contributed by atoms with Crippen molar-refractivity contribution in [1.82, 2.24) is 8.80 Å². The summed E-state index contributed by atoms with van der Waals surface area (Å²) in [5, 5.41) is 10.1. The van der Waals surface area contributed by atoms with Crippen LogP contribution in [-0.2, 0) is 0 Å². The number of hydrogen-bond donors (Lipinski definition) is 0. The maximum atomic E-state index is 2.56. The Bertz CT molecular complexity index is 3820. The molecule has 4 aromatic heterocycles. The minimum atomic E-state index is 0.455. The largest absolute Gasteiger partial charge is 0.310 e. The van der Waals surface area contributed by atoms with Gasteiger partial charge in [-0.2, -0.15) is 0 Å². The van der Waals surface area contributed by atoms with E-state index in [0.29, 0.717) is 11.8 Å². The molecule has 0 aliphatic heterocycles. The van der Waals surface area contributed by atoms with Crippen molar-refractivity contribution in [3.05, 3.63) is 203 Å². The average Bonchev–Trinajstić information content (AvgIpc) is 4.05. The number of aryl methyl sites for hydroxylation is 4. The zero-order valence-corrected chi connectivity index (χ0v) is 40.1. The van der Waals surface area contributed by atoms with Crippen molar-refractivity contribution in [2.24, 2.45) is 0 Å². The second kappa shape index (κ2) is 14.8. The quantitative estimate of drug-likeness (QED) is 0.151. The van der Waals surface area contributed by atoms with Crippen LogP contribution in [0.2, 0.25) is 0 Å². The molecule has 0 spiro atoms. The lowest BCUT2D eigenvalue weighted by atomic mass is 10.0. The molecule has 9 aromatic carbocycles. The molecule has 0 radical (unpaired) electrons.